The summed E-state index contributed by atoms with van der Waals surface area (Å²) in [6, 6.07) is 12.0. The third-order valence-electron chi connectivity index (χ3n) is 3.70. The molecule has 1 saturated heterocycles. The van der Waals surface area contributed by atoms with Crippen molar-refractivity contribution in [2.75, 3.05) is 35.8 Å². The molecule has 1 aliphatic rings. The summed E-state index contributed by atoms with van der Waals surface area (Å²) < 4.78 is 40.2. The van der Waals surface area contributed by atoms with Crippen molar-refractivity contribution in [1.82, 2.24) is 5.32 Å². The maximum absolute atomic E-state index is 12.9. The van der Waals surface area contributed by atoms with E-state index in [1.54, 1.807) is 6.07 Å². The van der Waals surface area contributed by atoms with Crippen LogP contribution in [0.15, 0.2) is 53.4 Å². The quantitative estimate of drug-likeness (QED) is 0.898. The molecule has 0 aromatic heterocycles. The highest BCUT2D eigenvalue weighted by Gasteiger charge is 2.16. The topological polar surface area (TPSA) is 61.4 Å². The molecule has 2 aromatic carbocycles. The van der Waals surface area contributed by atoms with E-state index in [1.165, 1.54) is 12.1 Å². The minimum atomic E-state index is -3.73. The zero-order chi connectivity index (χ0) is 16.3. The van der Waals surface area contributed by atoms with Gasteiger partial charge in [-0.1, -0.05) is 6.07 Å². The number of anilines is 2. The molecule has 3 rings (SSSR count). The number of halogens is 1. The molecule has 0 saturated carbocycles. The highest BCUT2D eigenvalue weighted by atomic mass is 32.2. The summed E-state index contributed by atoms with van der Waals surface area (Å²) in [5.74, 6) is -0.468. The highest BCUT2D eigenvalue weighted by molar-refractivity contribution is 7.92. The van der Waals surface area contributed by atoms with Gasteiger partial charge >= 0.3 is 0 Å². The standard InChI is InChI=1S/C16H18FN3O2S/c17-13-4-6-16(7-5-13)23(21,22)19-14-2-1-3-15(12-14)20-10-8-18-9-11-20/h1-7,12,18-19H,8-11H2. The van der Waals surface area contributed by atoms with Gasteiger partial charge in [-0.15, -0.1) is 0 Å². The Kier molecular flexibility index (Phi) is 4.49. The van der Waals surface area contributed by atoms with E-state index in [0.29, 0.717) is 5.69 Å². The fraction of sp³-hybridized carbons (Fsp3) is 0.250. The zero-order valence-corrected chi connectivity index (χ0v) is 13.3. The maximum Gasteiger partial charge on any atom is 0.261 e. The Morgan fingerprint density at radius 1 is 1.04 bits per heavy atom. The molecule has 1 aliphatic heterocycles. The molecule has 2 aromatic rings. The van der Waals surface area contributed by atoms with Gasteiger partial charge < -0.3 is 10.2 Å². The van der Waals surface area contributed by atoms with Crippen molar-refractivity contribution in [2.24, 2.45) is 0 Å². The Labute approximate surface area is 135 Å². The van der Waals surface area contributed by atoms with E-state index in [-0.39, 0.29) is 4.90 Å². The van der Waals surface area contributed by atoms with Crippen LogP contribution in [0, 0.1) is 5.82 Å². The van der Waals surface area contributed by atoms with Crippen LogP contribution in [-0.2, 0) is 10.0 Å². The Balaban J connectivity index is 1.80. The third kappa shape index (κ3) is 3.80. The van der Waals surface area contributed by atoms with Crippen LogP contribution in [0.2, 0.25) is 0 Å². The average Bonchev–Trinajstić information content (AvgIpc) is 2.56. The summed E-state index contributed by atoms with van der Waals surface area (Å²) in [6.07, 6.45) is 0. The van der Waals surface area contributed by atoms with Crippen molar-refractivity contribution in [1.29, 1.82) is 0 Å². The lowest BCUT2D eigenvalue weighted by Crippen LogP contribution is -2.43. The maximum atomic E-state index is 12.9. The van der Waals surface area contributed by atoms with Crippen LogP contribution >= 0.6 is 0 Å². The molecule has 1 fully saturated rings. The van der Waals surface area contributed by atoms with Crippen LogP contribution < -0.4 is 14.9 Å². The SMILES string of the molecule is O=S(=O)(Nc1cccc(N2CCNCC2)c1)c1ccc(F)cc1. The smallest absolute Gasteiger partial charge is 0.261 e. The second-order valence-electron chi connectivity index (χ2n) is 5.35. The molecule has 1 heterocycles. The first-order valence-corrected chi connectivity index (χ1v) is 8.87. The number of hydrogen-bond donors (Lipinski definition) is 2. The monoisotopic (exact) mass is 335 g/mol. The van der Waals surface area contributed by atoms with Gasteiger partial charge in [-0.2, -0.15) is 0 Å². The first-order valence-electron chi connectivity index (χ1n) is 7.39. The number of nitrogens with one attached hydrogen (secondary N) is 2. The summed E-state index contributed by atoms with van der Waals surface area (Å²) in [7, 11) is -3.73. The van der Waals surface area contributed by atoms with E-state index >= 15 is 0 Å². The molecule has 5 nitrogen and oxygen atoms in total. The second-order valence-corrected chi connectivity index (χ2v) is 7.03. The van der Waals surface area contributed by atoms with Gasteiger partial charge in [0.05, 0.1) is 10.6 Å². The van der Waals surface area contributed by atoms with E-state index in [1.807, 2.05) is 18.2 Å². The summed E-state index contributed by atoms with van der Waals surface area (Å²) in [5, 5.41) is 3.28. The molecule has 0 bridgehead atoms. The van der Waals surface area contributed by atoms with Crippen LogP contribution in [-0.4, -0.2) is 34.6 Å². The minimum absolute atomic E-state index is 0.0338. The number of benzene rings is 2. The second kappa shape index (κ2) is 6.55. The van der Waals surface area contributed by atoms with Crippen molar-refractivity contribution in [3.63, 3.8) is 0 Å². The van der Waals surface area contributed by atoms with Gasteiger partial charge in [0.2, 0.25) is 0 Å². The van der Waals surface area contributed by atoms with Crippen molar-refractivity contribution < 1.29 is 12.8 Å². The molecule has 0 amide bonds. The predicted molar refractivity (Wildman–Crippen MR) is 88.7 cm³/mol. The third-order valence-corrected chi connectivity index (χ3v) is 5.10. The summed E-state index contributed by atoms with van der Waals surface area (Å²) in [5.41, 5.74) is 1.47. The lowest BCUT2D eigenvalue weighted by molar-refractivity contribution is 0.589. The number of rotatable bonds is 4. The van der Waals surface area contributed by atoms with E-state index < -0.39 is 15.8 Å². The van der Waals surface area contributed by atoms with Crippen molar-refractivity contribution in [3.05, 3.63) is 54.3 Å². The van der Waals surface area contributed by atoms with Crippen LogP contribution in [0.1, 0.15) is 0 Å². The first kappa shape index (κ1) is 15.8. The fourth-order valence-corrected chi connectivity index (χ4v) is 3.57. The molecule has 122 valence electrons. The largest absolute Gasteiger partial charge is 0.369 e. The molecule has 23 heavy (non-hydrogen) atoms. The summed E-state index contributed by atoms with van der Waals surface area (Å²) in [4.78, 5) is 2.23. The van der Waals surface area contributed by atoms with E-state index in [0.717, 1.165) is 44.0 Å². The zero-order valence-electron chi connectivity index (χ0n) is 12.5. The molecule has 0 aliphatic carbocycles. The Bertz CT molecular complexity index is 772. The van der Waals surface area contributed by atoms with Gasteiger partial charge in [-0.25, -0.2) is 12.8 Å². The molecule has 0 spiro atoms. The van der Waals surface area contributed by atoms with Crippen LogP contribution in [0.5, 0.6) is 0 Å². The van der Waals surface area contributed by atoms with Gasteiger partial charge in [-0.3, -0.25) is 4.72 Å². The molecule has 2 N–H and O–H groups in total. The molecular weight excluding hydrogens is 317 g/mol. The highest BCUT2D eigenvalue weighted by Crippen LogP contribution is 2.22. The molecule has 0 unspecified atom stereocenters. The van der Waals surface area contributed by atoms with E-state index in [2.05, 4.69) is 14.9 Å². The molecule has 7 heteroatoms. The van der Waals surface area contributed by atoms with Crippen LogP contribution in [0.4, 0.5) is 15.8 Å². The van der Waals surface area contributed by atoms with Gasteiger partial charge in [0, 0.05) is 31.9 Å². The fourth-order valence-electron chi connectivity index (χ4n) is 2.52. The lowest BCUT2D eigenvalue weighted by atomic mass is 10.2. The Morgan fingerprint density at radius 2 is 1.74 bits per heavy atom. The number of hydrogen-bond acceptors (Lipinski definition) is 4. The van der Waals surface area contributed by atoms with E-state index in [4.69, 9.17) is 0 Å². The average molecular weight is 335 g/mol. The van der Waals surface area contributed by atoms with Crippen molar-refractivity contribution >= 4 is 21.4 Å². The summed E-state index contributed by atoms with van der Waals surface area (Å²) >= 11 is 0. The predicted octanol–water partition coefficient (Wildman–Crippen LogP) is 2.04. The summed E-state index contributed by atoms with van der Waals surface area (Å²) in [6.45, 7) is 3.58. The number of sulfonamides is 1. The molecular formula is C16H18FN3O2S. The first-order chi connectivity index (χ1) is 11.0. The number of nitrogens with zero attached hydrogens (tertiary/aromatic N) is 1. The van der Waals surface area contributed by atoms with Gasteiger partial charge in [0.15, 0.2) is 0 Å². The van der Waals surface area contributed by atoms with Gasteiger partial charge in [-0.05, 0) is 42.5 Å². The minimum Gasteiger partial charge on any atom is -0.369 e. The normalized spacial score (nSPS) is 15.4. The number of piperazine rings is 1. The van der Waals surface area contributed by atoms with Crippen molar-refractivity contribution in [3.8, 4) is 0 Å². The van der Waals surface area contributed by atoms with Crippen molar-refractivity contribution in [2.45, 2.75) is 4.90 Å². The Hall–Kier alpha value is -2.12. The van der Waals surface area contributed by atoms with E-state index in [9.17, 15) is 12.8 Å². The molecule has 0 atom stereocenters. The van der Waals surface area contributed by atoms with Crippen LogP contribution in [0.25, 0.3) is 0 Å². The lowest BCUT2D eigenvalue weighted by Gasteiger charge is -2.29. The van der Waals surface area contributed by atoms with Crippen LogP contribution in [0.3, 0.4) is 0 Å². The van der Waals surface area contributed by atoms with Gasteiger partial charge in [0.25, 0.3) is 10.0 Å². The Morgan fingerprint density at radius 3 is 2.43 bits per heavy atom. The molecule has 0 radical (unpaired) electrons. The van der Waals surface area contributed by atoms with Gasteiger partial charge in [0.1, 0.15) is 5.82 Å².